The van der Waals surface area contributed by atoms with Crippen LogP contribution < -0.4 is 5.32 Å². The number of carbonyl (C=O) groups is 2. The topological polar surface area (TPSA) is 62.3 Å². The summed E-state index contributed by atoms with van der Waals surface area (Å²) in [5.74, 6) is -0.169. The molecule has 2 heterocycles. The minimum Gasteiger partial charge on any atom is -0.331 e. The van der Waals surface area contributed by atoms with Gasteiger partial charge >= 0.3 is 0 Å². The van der Waals surface area contributed by atoms with Crippen LogP contribution in [-0.2, 0) is 16.0 Å². The average molecular weight is 460 g/mol. The maximum atomic E-state index is 12.8. The number of carbonyl (C=O) groups excluding carboxylic acids is 2. The number of hydrogen-bond donors (Lipinski definition) is 1. The molecule has 1 saturated carbocycles. The van der Waals surface area contributed by atoms with Crippen molar-refractivity contribution in [3.05, 3.63) is 75.8 Å². The zero-order valence-electron chi connectivity index (χ0n) is 19.2. The van der Waals surface area contributed by atoms with Gasteiger partial charge in [-0.1, -0.05) is 48.1 Å². The van der Waals surface area contributed by atoms with Crippen LogP contribution >= 0.6 is 11.3 Å². The minimum atomic E-state index is -0.671. The van der Waals surface area contributed by atoms with Crippen molar-refractivity contribution >= 4 is 34.0 Å². The molecule has 2 aliphatic carbocycles. The van der Waals surface area contributed by atoms with Crippen LogP contribution in [0.25, 0.3) is 5.70 Å². The third-order valence-corrected chi connectivity index (χ3v) is 7.72. The number of aromatic nitrogens is 1. The molecule has 2 fully saturated rings. The smallest absolute Gasteiger partial charge is 0.257 e. The number of aryl methyl sites for hydroxylation is 2. The van der Waals surface area contributed by atoms with Crippen LogP contribution in [0.1, 0.15) is 55.0 Å². The Balaban J connectivity index is 1.15. The first-order valence-corrected chi connectivity index (χ1v) is 12.5. The molecule has 2 aromatic rings. The van der Waals surface area contributed by atoms with Crippen LogP contribution in [0.3, 0.4) is 0 Å². The molecule has 2 amide bonds. The zero-order chi connectivity index (χ0) is 23.0. The fourth-order valence-electron chi connectivity index (χ4n) is 4.56. The lowest BCUT2D eigenvalue weighted by molar-refractivity contribution is -0.141. The Kier molecular flexibility index (Phi) is 5.79. The van der Waals surface area contributed by atoms with Gasteiger partial charge in [0.25, 0.3) is 5.91 Å². The molecule has 0 radical (unpaired) electrons. The summed E-state index contributed by atoms with van der Waals surface area (Å²) in [5.41, 5.74) is 5.09. The summed E-state index contributed by atoms with van der Waals surface area (Å²) >= 11 is 1.68. The number of nitrogens with zero attached hydrogens (tertiary/aromatic N) is 2. The van der Waals surface area contributed by atoms with Crippen molar-refractivity contribution in [1.29, 1.82) is 0 Å². The van der Waals surface area contributed by atoms with E-state index >= 15 is 0 Å². The minimum absolute atomic E-state index is 0.0517. The van der Waals surface area contributed by atoms with Gasteiger partial charge < -0.3 is 5.32 Å². The van der Waals surface area contributed by atoms with E-state index in [1.165, 1.54) is 32.2 Å². The van der Waals surface area contributed by atoms with Gasteiger partial charge in [-0.2, -0.15) is 0 Å². The second-order valence-electron chi connectivity index (χ2n) is 9.37. The SMILES string of the molecule is Cc1ccc(C(Nc2ncc(CCCCN3C(=O)C4=CC=CCC4(C)C3=O)s2)=C2CC2)cc1. The van der Waals surface area contributed by atoms with Crippen molar-refractivity contribution in [2.75, 3.05) is 11.9 Å². The first-order chi connectivity index (χ1) is 16.0. The molecule has 0 spiro atoms. The number of anilines is 1. The largest absolute Gasteiger partial charge is 0.331 e. The third kappa shape index (κ3) is 4.32. The van der Waals surface area contributed by atoms with Gasteiger partial charge in [0.1, 0.15) is 0 Å². The zero-order valence-corrected chi connectivity index (χ0v) is 20.0. The molecule has 3 aliphatic rings. The van der Waals surface area contributed by atoms with Gasteiger partial charge in [-0.25, -0.2) is 4.98 Å². The van der Waals surface area contributed by atoms with E-state index in [-0.39, 0.29) is 11.8 Å². The van der Waals surface area contributed by atoms with Gasteiger partial charge in [0, 0.05) is 28.9 Å². The standard InChI is InChI=1S/C27H29N3O2S/c1-18-9-11-19(12-10-18)23(20-13-14-20)29-26-28-17-21(33-26)7-4-6-16-30-24(31)22-8-3-5-15-27(22,2)25(30)32/h3,5,8-12,17H,4,6-7,13-16H2,1-2H3,(H,28,29). The monoisotopic (exact) mass is 459 g/mol. The summed E-state index contributed by atoms with van der Waals surface area (Å²) in [6.07, 6.45) is 13.1. The van der Waals surface area contributed by atoms with E-state index in [0.717, 1.165) is 37.2 Å². The molecular formula is C27H29N3O2S. The lowest BCUT2D eigenvalue weighted by Crippen LogP contribution is -2.35. The number of rotatable bonds is 8. The number of hydrogen-bond acceptors (Lipinski definition) is 5. The van der Waals surface area contributed by atoms with E-state index in [4.69, 9.17) is 0 Å². The molecule has 0 bridgehead atoms. The fraction of sp³-hybridized carbons (Fsp3) is 0.370. The fourth-order valence-corrected chi connectivity index (χ4v) is 5.42. The maximum absolute atomic E-state index is 12.8. The highest BCUT2D eigenvalue weighted by Crippen LogP contribution is 2.43. The quantitative estimate of drug-likeness (QED) is 0.409. The Morgan fingerprint density at radius 3 is 2.70 bits per heavy atom. The molecule has 1 N–H and O–H groups in total. The normalized spacial score (nSPS) is 21.3. The number of thiazole rings is 1. The number of unbranched alkanes of at least 4 members (excludes halogenated alkanes) is 1. The molecular weight excluding hydrogens is 430 g/mol. The Morgan fingerprint density at radius 1 is 1.18 bits per heavy atom. The highest BCUT2D eigenvalue weighted by atomic mass is 32.1. The summed E-state index contributed by atoms with van der Waals surface area (Å²) < 4.78 is 0. The van der Waals surface area contributed by atoms with Crippen molar-refractivity contribution in [2.24, 2.45) is 5.41 Å². The predicted octanol–water partition coefficient (Wildman–Crippen LogP) is 5.65. The van der Waals surface area contributed by atoms with Crippen LogP contribution in [0.5, 0.6) is 0 Å². The summed E-state index contributed by atoms with van der Waals surface area (Å²) in [6, 6.07) is 8.62. The maximum Gasteiger partial charge on any atom is 0.257 e. The van der Waals surface area contributed by atoms with Crippen molar-refractivity contribution in [2.45, 2.75) is 52.4 Å². The van der Waals surface area contributed by atoms with Crippen LogP contribution in [-0.4, -0.2) is 28.2 Å². The van der Waals surface area contributed by atoms with Crippen LogP contribution in [0.2, 0.25) is 0 Å². The summed E-state index contributed by atoms with van der Waals surface area (Å²) in [4.78, 5) is 32.8. The number of benzene rings is 1. The molecule has 5 nitrogen and oxygen atoms in total. The van der Waals surface area contributed by atoms with Gasteiger partial charge in [0.15, 0.2) is 5.13 Å². The third-order valence-electron chi connectivity index (χ3n) is 6.75. The molecule has 6 heteroatoms. The Hall–Kier alpha value is -2.99. The lowest BCUT2D eigenvalue weighted by Gasteiger charge is -2.22. The van der Waals surface area contributed by atoms with Crippen molar-refractivity contribution in [3.8, 4) is 0 Å². The van der Waals surface area contributed by atoms with E-state index in [1.807, 2.05) is 25.3 Å². The van der Waals surface area contributed by atoms with Crippen molar-refractivity contribution in [3.63, 3.8) is 0 Å². The molecule has 1 aromatic carbocycles. The first-order valence-electron chi connectivity index (χ1n) is 11.7. The second-order valence-corrected chi connectivity index (χ2v) is 10.5. The molecule has 1 aliphatic heterocycles. The Morgan fingerprint density at radius 2 is 1.97 bits per heavy atom. The first kappa shape index (κ1) is 21.8. The highest BCUT2D eigenvalue weighted by Gasteiger charge is 2.51. The van der Waals surface area contributed by atoms with Gasteiger partial charge in [0.2, 0.25) is 5.91 Å². The molecule has 1 atom stereocenters. The van der Waals surface area contributed by atoms with Gasteiger partial charge in [-0.05, 0) is 63.5 Å². The number of fused-ring (bicyclic) bond motifs is 1. The summed E-state index contributed by atoms with van der Waals surface area (Å²) in [7, 11) is 0. The molecule has 33 heavy (non-hydrogen) atoms. The number of likely N-dealkylation sites (tertiary alicyclic amines) is 1. The number of amides is 2. The van der Waals surface area contributed by atoms with Crippen molar-refractivity contribution in [1.82, 2.24) is 9.88 Å². The van der Waals surface area contributed by atoms with Gasteiger partial charge in [0.05, 0.1) is 5.41 Å². The van der Waals surface area contributed by atoms with Gasteiger partial charge in [-0.15, -0.1) is 11.3 Å². The Bertz CT molecular complexity index is 1180. The van der Waals surface area contributed by atoms with Crippen LogP contribution in [0.4, 0.5) is 5.13 Å². The van der Waals surface area contributed by atoms with E-state index in [1.54, 1.807) is 17.4 Å². The molecule has 1 unspecified atom stereocenters. The number of nitrogens with one attached hydrogen (secondary N) is 1. The van der Waals surface area contributed by atoms with Crippen molar-refractivity contribution < 1.29 is 9.59 Å². The highest BCUT2D eigenvalue weighted by molar-refractivity contribution is 7.15. The van der Waals surface area contributed by atoms with E-state index < -0.39 is 5.41 Å². The lowest BCUT2D eigenvalue weighted by atomic mass is 9.78. The Labute approximate surface area is 198 Å². The average Bonchev–Trinajstić information content (AvgIpc) is 3.52. The predicted molar refractivity (Wildman–Crippen MR) is 133 cm³/mol. The van der Waals surface area contributed by atoms with E-state index in [2.05, 4.69) is 41.5 Å². The van der Waals surface area contributed by atoms with Gasteiger partial charge in [-0.3, -0.25) is 14.5 Å². The molecule has 5 rings (SSSR count). The molecule has 1 aromatic heterocycles. The van der Waals surface area contributed by atoms with E-state index in [0.29, 0.717) is 18.5 Å². The molecule has 170 valence electrons. The summed E-state index contributed by atoms with van der Waals surface area (Å²) in [5, 5.41) is 4.47. The second kappa shape index (κ2) is 8.75. The molecule has 1 saturated heterocycles. The van der Waals surface area contributed by atoms with Crippen LogP contribution in [0.15, 0.2) is 59.8 Å². The number of allylic oxidation sites excluding steroid dienone is 4. The van der Waals surface area contributed by atoms with E-state index in [9.17, 15) is 9.59 Å². The van der Waals surface area contributed by atoms with Crippen LogP contribution in [0, 0.1) is 12.3 Å². The summed E-state index contributed by atoms with van der Waals surface area (Å²) in [6.45, 7) is 4.47. The number of imide groups is 1.